The number of nitrogens with zero attached hydrogens (tertiary/aromatic N) is 1. The number of benzene rings is 2. The Bertz CT molecular complexity index is 657. The number of halogens is 1. The molecule has 4 heteroatoms. The Hall–Kier alpha value is -2.31. The maximum atomic E-state index is 12.0. The van der Waals surface area contributed by atoms with Crippen LogP contribution in [0.1, 0.15) is 21.5 Å². The van der Waals surface area contributed by atoms with Crippen molar-refractivity contribution >= 4 is 23.2 Å². The fraction of sp³-hybridized carbons (Fsp3) is 0.0667. The molecule has 1 amide bonds. The SMILES string of the molecule is Cc1ccc(C(=O)Nc2ccc(Cl)c(C#N)c2)cc1. The number of amides is 1. The number of hydrogen-bond donors (Lipinski definition) is 1. The molecule has 0 fully saturated rings. The fourth-order valence-electron chi connectivity index (χ4n) is 1.60. The molecule has 0 saturated heterocycles. The molecule has 94 valence electrons. The minimum absolute atomic E-state index is 0.216. The maximum absolute atomic E-state index is 12.0. The quantitative estimate of drug-likeness (QED) is 0.903. The third kappa shape index (κ3) is 3.12. The highest BCUT2D eigenvalue weighted by Gasteiger charge is 2.07. The summed E-state index contributed by atoms with van der Waals surface area (Å²) >= 11 is 5.83. The van der Waals surface area contributed by atoms with Gasteiger partial charge in [0.05, 0.1) is 10.6 Å². The zero-order valence-corrected chi connectivity index (χ0v) is 11.0. The summed E-state index contributed by atoms with van der Waals surface area (Å²) in [6.07, 6.45) is 0. The van der Waals surface area contributed by atoms with Gasteiger partial charge in [0, 0.05) is 11.3 Å². The molecular formula is C15H11ClN2O. The Morgan fingerprint density at radius 2 is 1.89 bits per heavy atom. The van der Waals surface area contributed by atoms with Crippen LogP contribution < -0.4 is 5.32 Å². The van der Waals surface area contributed by atoms with Gasteiger partial charge in [-0.2, -0.15) is 5.26 Å². The Labute approximate surface area is 116 Å². The van der Waals surface area contributed by atoms with Crippen LogP contribution in [-0.2, 0) is 0 Å². The molecule has 0 heterocycles. The Kier molecular flexibility index (Phi) is 3.84. The summed E-state index contributed by atoms with van der Waals surface area (Å²) in [6.45, 7) is 1.96. The van der Waals surface area contributed by atoms with Crippen LogP contribution in [0.5, 0.6) is 0 Å². The van der Waals surface area contributed by atoms with Gasteiger partial charge in [0.1, 0.15) is 6.07 Å². The Morgan fingerprint density at radius 1 is 1.21 bits per heavy atom. The molecule has 0 aliphatic carbocycles. The topological polar surface area (TPSA) is 52.9 Å². The molecule has 2 aromatic carbocycles. The number of aryl methyl sites for hydroxylation is 1. The van der Waals surface area contributed by atoms with Gasteiger partial charge >= 0.3 is 0 Å². The largest absolute Gasteiger partial charge is 0.322 e. The summed E-state index contributed by atoms with van der Waals surface area (Å²) in [5, 5.41) is 12.0. The highest BCUT2D eigenvalue weighted by Crippen LogP contribution is 2.20. The van der Waals surface area contributed by atoms with Crippen LogP contribution in [0.3, 0.4) is 0 Å². The molecule has 19 heavy (non-hydrogen) atoms. The van der Waals surface area contributed by atoms with Gasteiger partial charge in [0.15, 0.2) is 0 Å². The summed E-state index contributed by atoms with van der Waals surface area (Å²) in [4.78, 5) is 12.0. The molecular weight excluding hydrogens is 260 g/mol. The molecule has 1 N–H and O–H groups in total. The van der Waals surface area contributed by atoms with Crippen LogP contribution in [-0.4, -0.2) is 5.91 Å². The smallest absolute Gasteiger partial charge is 0.255 e. The molecule has 0 spiro atoms. The predicted octanol–water partition coefficient (Wildman–Crippen LogP) is 3.77. The van der Waals surface area contributed by atoms with Crippen molar-refractivity contribution in [1.29, 1.82) is 5.26 Å². The standard InChI is InChI=1S/C15H11ClN2O/c1-10-2-4-11(5-3-10)15(19)18-13-6-7-14(16)12(8-13)9-17/h2-8H,1H3,(H,18,19). The van der Waals surface area contributed by atoms with Crippen molar-refractivity contribution in [3.05, 3.63) is 64.2 Å². The molecule has 0 aromatic heterocycles. The number of hydrogen-bond acceptors (Lipinski definition) is 2. The van der Waals surface area contributed by atoms with Crippen molar-refractivity contribution in [1.82, 2.24) is 0 Å². The molecule has 0 saturated carbocycles. The third-order valence-corrected chi connectivity index (χ3v) is 2.99. The Morgan fingerprint density at radius 3 is 2.53 bits per heavy atom. The van der Waals surface area contributed by atoms with Crippen molar-refractivity contribution in [2.45, 2.75) is 6.92 Å². The lowest BCUT2D eigenvalue weighted by Gasteiger charge is -2.06. The predicted molar refractivity (Wildman–Crippen MR) is 75.3 cm³/mol. The summed E-state index contributed by atoms with van der Waals surface area (Å²) in [5.41, 5.74) is 2.55. The molecule has 2 rings (SSSR count). The van der Waals surface area contributed by atoms with Gasteiger partial charge in [-0.05, 0) is 37.3 Å². The number of carbonyl (C=O) groups excluding carboxylic acids is 1. The molecule has 2 aromatic rings. The van der Waals surface area contributed by atoms with Crippen LogP contribution in [0.2, 0.25) is 5.02 Å². The van der Waals surface area contributed by atoms with Crippen molar-refractivity contribution in [3.8, 4) is 6.07 Å². The van der Waals surface area contributed by atoms with Crippen LogP contribution in [0.4, 0.5) is 5.69 Å². The molecule has 0 bridgehead atoms. The molecule has 0 atom stereocenters. The minimum Gasteiger partial charge on any atom is -0.322 e. The lowest BCUT2D eigenvalue weighted by molar-refractivity contribution is 0.102. The normalized spacial score (nSPS) is 9.74. The van der Waals surface area contributed by atoms with E-state index in [-0.39, 0.29) is 5.91 Å². The van der Waals surface area contributed by atoms with E-state index in [9.17, 15) is 4.79 Å². The van der Waals surface area contributed by atoms with Crippen molar-refractivity contribution in [2.24, 2.45) is 0 Å². The zero-order valence-electron chi connectivity index (χ0n) is 10.3. The third-order valence-electron chi connectivity index (χ3n) is 2.66. The Balaban J connectivity index is 2.20. The summed E-state index contributed by atoms with van der Waals surface area (Å²) < 4.78 is 0. The average Bonchev–Trinajstić information content (AvgIpc) is 2.41. The second-order valence-electron chi connectivity index (χ2n) is 4.13. The van der Waals surface area contributed by atoms with Gasteiger partial charge in [-0.1, -0.05) is 29.3 Å². The van der Waals surface area contributed by atoms with Gasteiger partial charge in [-0.25, -0.2) is 0 Å². The average molecular weight is 271 g/mol. The first kappa shape index (κ1) is 13.1. The van der Waals surface area contributed by atoms with E-state index in [2.05, 4.69) is 5.32 Å². The van der Waals surface area contributed by atoms with Crippen LogP contribution >= 0.6 is 11.6 Å². The van der Waals surface area contributed by atoms with Crippen LogP contribution in [0.25, 0.3) is 0 Å². The second-order valence-corrected chi connectivity index (χ2v) is 4.53. The molecule has 0 radical (unpaired) electrons. The van der Waals surface area contributed by atoms with E-state index in [0.29, 0.717) is 21.8 Å². The monoisotopic (exact) mass is 270 g/mol. The van der Waals surface area contributed by atoms with E-state index in [0.717, 1.165) is 5.56 Å². The zero-order chi connectivity index (χ0) is 13.8. The van der Waals surface area contributed by atoms with E-state index in [4.69, 9.17) is 16.9 Å². The minimum atomic E-state index is -0.216. The second kappa shape index (κ2) is 5.55. The number of nitrogens with one attached hydrogen (secondary N) is 1. The summed E-state index contributed by atoms with van der Waals surface area (Å²) in [7, 11) is 0. The van der Waals surface area contributed by atoms with Gasteiger partial charge in [0.2, 0.25) is 0 Å². The number of rotatable bonds is 2. The first-order chi connectivity index (χ1) is 9.10. The van der Waals surface area contributed by atoms with Crippen molar-refractivity contribution in [3.63, 3.8) is 0 Å². The highest BCUT2D eigenvalue weighted by atomic mass is 35.5. The van der Waals surface area contributed by atoms with Gasteiger partial charge in [-0.15, -0.1) is 0 Å². The number of anilines is 1. The molecule has 0 aliphatic rings. The van der Waals surface area contributed by atoms with E-state index in [1.807, 2.05) is 25.1 Å². The van der Waals surface area contributed by atoms with Crippen LogP contribution in [0, 0.1) is 18.3 Å². The molecule has 0 aliphatic heterocycles. The lowest BCUT2D eigenvalue weighted by Crippen LogP contribution is -2.11. The number of nitriles is 1. The van der Waals surface area contributed by atoms with E-state index < -0.39 is 0 Å². The van der Waals surface area contributed by atoms with Crippen molar-refractivity contribution < 1.29 is 4.79 Å². The lowest BCUT2D eigenvalue weighted by atomic mass is 10.1. The summed E-state index contributed by atoms with van der Waals surface area (Å²) in [6, 6.07) is 14.0. The van der Waals surface area contributed by atoms with Crippen molar-refractivity contribution in [2.75, 3.05) is 5.32 Å². The van der Waals surface area contributed by atoms with Gasteiger partial charge < -0.3 is 5.32 Å². The van der Waals surface area contributed by atoms with E-state index in [1.54, 1.807) is 30.3 Å². The fourth-order valence-corrected chi connectivity index (χ4v) is 1.76. The van der Waals surface area contributed by atoms with E-state index >= 15 is 0 Å². The number of carbonyl (C=O) groups is 1. The maximum Gasteiger partial charge on any atom is 0.255 e. The summed E-state index contributed by atoms with van der Waals surface area (Å²) in [5.74, 6) is -0.216. The van der Waals surface area contributed by atoms with Gasteiger partial charge in [-0.3, -0.25) is 4.79 Å². The first-order valence-corrected chi connectivity index (χ1v) is 6.05. The van der Waals surface area contributed by atoms with Crippen LogP contribution in [0.15, 0.2) is 42.5 Å². The molecule has 0 unspecified atom stereocenters. The molecule has 3 nitrogen and oxygen atoms in total. The van der Waals surface area contributed by atoms with Gasteiger partial charge in [0.25, 0.3) is 5.91 Å². The first-order valence-electron chi connectivity index (χ1n) is 5.68. The highest BCUT2D eigenvalue weighted by molar-refractivity contribution is 6.31. The van der Waals surface area contributed by atoms with E-state index in [1.165, 1.54) is 0 Å².